The second-order valence-electron chi connectivity index (χ2n) is 4.41. The molecule has 1 N–H and O–H groups in total. The zero-order valence-electron chi connectivity index (χ0n) is 9.61. The lowest BCUT2D eigenvalue weighted by Gasteiger charge is -2.31. The van der Waals surface area contributed by atoms with Crippen LogP contribution in [0.3, 0.4) is 0 Å². The van der Waals surface area contributed by atoms with Crippen molar-refractivity contribution in [1.29, 1.82) is 0 Å². The van der Waals surface area contributed by atoms with E-state index in [0.717, 1.165) is 35.3 Å². The Balaban J connectivity index is 1.94. The van der Waals surface area contributed by atoms with Crippen LogP contribution in [0.2, 0.25) is 5.02 Å². The van der Waals surface area contributed by atoms with E-state index in [0.29, 0.717) is 6.04 Å². The summed E-state index contributed by atoms with van der Waals surface area (Å²) in [6.07, 6.45) is 0. The quantitative estimate of drug-likeness (QED) is 0.861. The lowest BCUT2D eigenvalue weighted by molar-refractivity contribution is 0.484. The number of nitrogens with one attached hydrogen (secondary N) is 1. The minimum atomic E-state index is 0.527. The molecule has 90 valence electrons. The number of hydrogen-bond donors (Lipinski definition) is 1. The van der Waals surface area contributed by atoms with Crippen molar-refractivity contribution in [2.45, 2.75) is 13.0 Å². The molecule has 2 heterocycles. The normalized spacial score (nSPS) is 21.1. The molecule has 5 heteroatoms. The maximum absolute atomic E-state index is 5.99. The predicted octanol–water partition coefficient (Wildman–Crippen LogP) is 2.75. The van der Waals surface area contributed by atoms with Crippen LogP contribution in [-0.2, 0) is 0 Å². The van der Waals surface area contributed by atoms with Crippen LogP contribution in [0.4, 0.5) is 5.13 Å². The van der Waals surface area contributed by atoms with Gasteiger partial charge in [-0.2, -0.15) is 0 Å². The summed E-state index contributed by atoms with van der Waals surface area (Å²) in [7, 11) is 0. The second-order valence-corrected chi connectivity index (χ2v) is 5.86. The zero-order chi connectivity index (χ0) is 11.8. The zero-order valence-corrected chi connectivity index (χ0v) is 11.2. The van der Waals surface area contributed by atoms with E-state index in [4.69, 9.17) is 11.6 Å². The summed E-state index contributed by atoms with van der Waals surface area (Å²) in [4.78, 5) is 7.02. The highest BCUT2D eigenvalue weighted by Crippen LogP contribution is 2.31. The highest BCUT2D eigenvalue weighted by molar-refractivity contribution is 7.22. The molecular weight excluding hydrogens is 254 g/mol. The Labute approximate surface area is 109 Å². The average Bonchev–Trinajstić information content (AvgIpc) is 2.72. The Bertz CT molecular complexity index is 540. The highest BCUT2D eigenvalue weighted by atomic mass is 35.5. The molecule has 1 aromatic carbocycles. The van der Waals surface area contributed by atoms with Crippen molar-refractivity contribution in [2.24, 2.45) is 0 Å². The van der Waals surface area contributed by atoms with Crippen molar-refractivity contribution in [3.63, 3.8) is 0 Å². The van der Waals surface area contributed by atoms with Crippen molar-refractivity contribution < 1.29 is 0 Å². The van der Waals surface area contributed by atoms with Crippen LogP contribution in [0, 0.1) is 0 Å². The first-order chi connectivity index (χ1) is 8.22. The minimum Gasteiger partial charge on any atom is -0.345 e. The standard InChI is InChI=1S/C12H14ClN3S/c1-8-7-16(5-4-14-8)12-15-10-3-2-9(13)6-11(10)17-12/h2-3,6,8,14H,4-5,7H2,1H3/t8-/m0/s1. The third-order valence-corrected chi connectivity index (χ3v) is 4.29. The summed E-state index contributed by atoms with van der Waals surface area (Å²) in [5.41, 5.74) is 1.04. The Morgan fingerprint density at radius 1 is 1.53 bits per heavy atom. The summed E-state index contributed by atoms with van der Waals surface area (Å²) < 4.78 is 1.17. The molecule has 0 saturated carbocycles. The fourth-order valence-corrected chi connectivity index (χ4v) is 3.40. The van der Waals surface area contributed by atoms with Crippen LogP contribution >= 0.6 is 22.9 Å². The summed E-state index contributed by atoms with van der Waals surface area (Å²) in [6, 6.07) is 6.40. The number of anilines is 1. The van der Waals surface area contributed by atoms with E-state index in [-0.39, 0.29) is 0 Å². The van der Waals surface area contributed by atoms with Gasteiger partial charge in [0.15, 0.2) is 5.13 Å². The van der Waals surface area contributed by atoms with Crippen molar-refractivity contribution in [3.8, 4) is 0 Å². The number of thiazole rings is 1. The van der Waals surface area contributed by atoms with Gasteiger partial charge in [-0.25, -0.2) is 4.98 Å². The van der Waals surface area contributed by atoms with Crippen LogP contribution < -0.4 is 10.2 Å². The molecule has 1 aliphatic heterocycles. The molecule has 2 aromatic rings. The first kappa shape index (κ1) is 11.3. The van der Waals surface area contributed by atoms with Crippen LogP contribution in [0.15, 0.2) is 18.2 Å². The molecule has 0 radical (unpaired) electrons. The van der Waals surface area contributed by atoms with E-state index in [2.05, 4.69) is 22.1 Å². The van der Waals surface area contributed by atoms with Crippen molar-refractivity contribution >= 4 is 38.3 Å². The molecule has 0 aliphatic carbocycles. The van der Waals surface area contributed by atoms with Crippen molar-refractivity contribution in [2.75, 3.05) is 24.5 Å². The number of aromatic nitrogens is 1. The Hall–Kier alpha value is -0.840. The lowest BCUT2D eigenvalue weighted by atomic mass is 10.2. The van der Waals surface area contributed by atoms with E-state index in [1.807, 2.05) is 18.2 Å². The van der Waals surface area contributed by atoms with E-state index in [1.54, 1.807) is 11.3 Å². The van der Waals surface area contributed by atoms with Gasteiger partial charge in [0.1, 0.15) is 0 Å². The van der Waals surface area contributed by atoms with E-state index in [1.165, 1.54) is 4.70 Å². The molecule has 1 aromatic heterocycles. The summed E-state index contributed by atoms with van der Waals surface area (Å²) in [6.45, 7) is 5.28. The van der Waals surface area contributed by atoms with Gasteiger partial charge in [-0.3, -0.25) is 0 Å². The number of hydrogen-bond acceptors (Lipinski definition) is 4. The number of nitrogens with zero attached hydrogens (tertiary/aromatic N) is 2. The maximum Gasteiger partial charge on any atom is 0.186 e. The number of fused-ring (bicyclic) bond motifs is 1. The van der Waals surface area contributed by atoms with Crippen LogP contribution in [-0.4, -0.2) is 30.7 Å². The minimum absolute atomic E-state index is 0.527. The van der Waals surface area contributed by atoms with Gasteiger partial charge < -0.3 is 10.2 Å². The van der Waals surface area contributed by atoms with Gasteiger partial charge in [0, 0.05) is 30.7 Å². The third-order valence-electron chi connectivity index (χ3n) is 2.98. The van der Waals surface area contributed by atoms with Crippen LogP contribution in [0.25, 0.3) is 10.2 Å². The van der Waals surface area contributed by atoms with E-state index in [9.17, 15) is 0 Å². The molecular formula is C12H14ClN3S. The van der Waals surface area contributed by atoms with Gasteiger partial charge in [-0.1, -0.05) is 22.9 Å². The smallest absolute Gasteiger partial charge is 0.186 e. The maximum atomic E-state index is 5.99. The summed E-state index contributed by atoms with van der Waals surface area (Å²) in [5, 5.41) is 5.32. The molecule has 1 saturated heterocycles. The lowest BCUT2D eigenvalue weighted by Crippen LogP contribution is -2.49. The largest absolute Gasteiger partial charge is 0.345 e. The van der Waals surface area contributed by atoms with Crippen molar-refractivity contribution in [1.82, 2.24) is 10.3 Å². The van der Waals surface area contributed by atoms with Gasteiger partial charge in [-0.15, -0.1) is 0 Å². The number of benzene rings is 1. The summed E-state index contributed by atoms with van der Waals surface area (Å²) >= 11 is 7.71. The molecule has 17 heavy (non-hydrogen) atoms. The van der Waals surface area contributed by atoms with Crippen LogP contribution in [0.1, 0.15) is 6.92 Å². The van der Waals surface area contributed by atoms with Gasteiger partial charge in [-0.05, 0) is 25.1 Å². The first-order valence-corrected chi connectivity index (χ1v) is 6.96. The molecule has 3 nitrogen and oxygen atoms in total. The molecule has 1 fully saturated rings. The number of rotatable bonds is 1. The Morgan fingerprint density at radius 3 is 3.24 bits per heavy atom. The highest BCUT2D eigenvalue weighted by Gasteiger charge is 2.18. The third kappa shape index (κ3) is 2.25. The Kier molecular flexibility index (Phi) is 2.94. The molecule has 0 amide bonds. The first-order valence-electron chi connectivity index (χ1n) is 5.77. The van der Waals surface area contributed by atoms with Gasteiger partial charge in [0.05, 0.1) is 10.2 Å². The average molecular weight is 268 g/mol. The van der Waals surface area contributed by atoms with Gasteiger partial charge >= 0.3 is 0 Å². The Morgan fingerprint density at radius 2 is 2.41 bits per heavy atom. The van der Waals surface area contributed by atoms with Gasteiger partial charge in [0.25, 0.3) is 0 Å². The van der Waals surface area contributed by atoms with Crippen molar-refractivity contribution in [3.05, 3.63) is 23.2 Å². The predicted molar refractivity (Wildman–Crippen MR) is 74.3 cm³/mol. The molecule has 1 aliphatic rings. The van der Waals surface area contributed by atoms with Gasteiger partial charge in [0.2, 0.25) is 0 Å². The summed E-state index contributed by atoms with van der Waals surface area (Å²) in [5.74, 6) is 0. The molecule has 0 unspecified atom stereocenters. The SMILES string of the molecule is C[C@H]1CN(c2nc3ccc(Cl)cc3s2)CCN1. The molecule has 1 atom stereocenters. The van der Waals surface area contributed by atoms with Crippen LogP contribution in [0.5, 0.6) is 0 Å². The molecule has 0 spiro atoms. The number of piperazine rings is 1. The monoisotopic (exact) mass is 267 g/mol. The fraction of sp³-hybridized carbons (Fsp3) is 0.417. The molecule has 0 bridgehead atoms. The second kappa shape index (κ2) is 4.44. The topological polar surface area (TPSA) is 28.2 Å². The van der Waals surface area contributed by atoms with E-state index >= 15 is 0 Å². The molecule has 3 rings (SSSR count). The van der Waals surface area contributed by atoms with E-state index < -0.39 is 0 Å². The number of halogens is 1. The fourth-order valence-electron chi connectivity index (χ4n) is 2.13.